The summed E-state index contributed by atoms with van der Waals surface area (Å²) in [6.07, 6.45) is 0. The van der Waals surface area contributed by atoms with Gasteiger partial charge in [-0.1, -0.05) is 0 Å². The second-order valence-corrected chi connectivity index (χ2v) is 6.80. The third-order valence-electron chi connectivity index (χ3n) is 3.41. The maximum atomic E-state index is 12.6. The van der Waals surface area contributed by atoms with Gasteiger partial charge >= 0.3 is 5.97 Å². The van der Waals surface area contributed by atoms with Crippen molar-refractivity contribution in [1.29, 1.82) is 0 Å². The number of benzene rings is 1. The third-order valence-corrected chi connectivity index (χ3v) is 5.44. The van der Waals surface area contributed by atoms with Crippen molar-refractivity contribution in [1.82, 2.24) is 9.62 Å². The van der Waals surface area contributed by atoms with E-state index in [4.69, 9.17) is 4.74 Å². The first kappa shape index (κ1) is 15.9. The van der Waals surface area contributed by atoms with Gasteiger partial charge in [0.25, 0.3) is 0 Å². The van der Waals surface area contributed by atoms with Crippen molar-refractivity contribution in [2.24, 2.45) is 0 Å². The Morgan fingerprint density at radius 2 is 2.05 bits per heavy atom. The largest absolute Gasteiger partial charge is 0.462 e. The number of esters is 1. The van der Waals surface area contributed by atoms with E-state index in [1.165, 1.54) is 28.6 Å². The van der Waals surface area contributed by atoms with E-state index < -0.39 is 16.0 Å². The van der Waals surface area contributed by atoms with Crippen LogP contribution in [-0.2, 0) is 14.8 Å². The molecule has 1 saturated heterocycles. The number of ether oxygens (including phenoxy) is 1. The van der Waals surface area contributed by atoms with Crippen molar-refractivity contribution in [3.8, 4) is 0 Å². The van der Waals surface area contributed by atoms with E-state index in [1.54, 1.807) is 6.92 Å². The molecule has 2 rings (SSSR count). The molecule has 1 aromatic rings. The lowest BCUT2D eigenvalue weighted by Crippen LogP contribution is -2.52. The van der Waals surface area contributed by atoms with Gasteiger partial charge in [-0.2, -0.15) is 4.31 Å². The van der Waals surface area contributed by atoms with Crippen molar-refractivity contribution >= 4 is 16.0 Å². The summed E-state index contributed by atoms with van der Waals surface area (Å²) in [5, 5.41) is 3.16. The monoisotopic (exact) mass is 312 g/mol. The molecule has 1 atom stereocenters. The molecule has 1 aliphatic rings. The Labute approximate surface area is 125 Å². The molecule has 0 spiro atoms. The molecule has 0 bridgehead atoms. The van der Waals surface area contributed by atoms with Crippen molar-refractivity contribution in [3.63, 3.8) is 0 Å². The van der Waals surface area contributed by atoms with E-state index in [1.807, 2.05) is 6.92 Å². The van der Waals surface area contributed by atoms with Crippen LogP contribution in [0.25, 0.3) is 0 Å². The second-order valence-electron chi connectivity index (χ2n) is 4.91. The number of carbonyl (C=O) groups excluding carboxylic acids is 1. The van der Waals surface area contributed by atoms with Crippen LogP contribution in [0, 0.1) is 0 Å². The summed E-state index contributed by atoms with van der Waals surface area (Å²) >= 11 is 0. The van der Waals surface area contributed by atoms with E-state index in [2.05, 4.69) is 5.32 Å². The molecule has 6 nitrogen and oxygen atoms in total. The topological polar surface area (TPSA) is 75.7 Å². The fourth-order valence-electron chi connectivity index (χ4n) is 2.29. The van der Waals surface area contributed by atoms with Crippen LogP contribution < -0.4 is 5.32 Å². The summed E-state index contributed by atoms with van der Waals surface area (Å²) in [4.78, 5) is 11.8. The zero-order valence-electron chi connectivity index (χ0n) is 12.2. The fraction of sp³-hybridized carbons (Fsp3) is 0.500. The van der Waals surface area contributed by atoms with Gasteiger partial charge in [-0.05, 0) is 38.1 Å². The zero-order chi connectivity index (χ0) is 15.5. The van der Waals surface area contributed by atoms with Crippen LogP contribution in [0.4, 0.5) is 0 Å². The first-order valence-corrected chi connectivity index (χ1v) is 8.40. The van der Waals surface area contributed by atoms with E-state index in [-0.39, 0.29) is 17.5 Å². The minimum atomic E-state index is -3.52. The van der Waals surface area contributed by atoms with Gasteiger partial charge in [0.2, 0.25) is 10.0 Å². The van der Waals surface area contributed by atoms with E-state index in [0.29, 0.717) is 25.2 Å². The molecule has 0 unspecified atom stereocenters. The van der Waals surface area contributed by atoms with Crippen LogP contribution in [0.2, 0.25) is 0 Å². The fourth-order valence-corrected chi connectivity index (χ4v) is 3.92. The van der Waals surface area contributed by atoms with Gasteiger partial charge < -0.3 is 10.1 Å². The van der Waals surface area contributed by atoms with Gasteiger partial charge in [0.15, 0.2) is 0 Å². The number of nitrogens with zero attached hydrogens (tertiary/aromatic N) is 1. The predicted molar refractivity (Wildman–Crippen MR) is 78.6 cm³/mol. The number of rotatable bonds is 4. The third kappa shape index (κ3) is 3.42. The van der Waals surface area contributed by atoms with E-state index >= 15 is 0 Å². The smallest absolute Gasteiger partial charge is 0.338 e. The highest BCUT2D eigenvalue weighted by molar-refractivity contribution is 7.89. The van der Waals surface area contributed by atoms with Gasteiger partial charge in [0, 0.05) is 25.7 Å². The van der Waals surface area contributed by atoms with Crippen LogP contribution in [0.15, 0.2) is 29.2 Å². The lowest BCUT2D eigenvalue weighted by molar-refractivity contribution is 0.0526. The van der Waals surface area contributed by atoms with E-state index in [0.717, 1.165) is 0 Å². The van der Waals surface area contributed by atoms with Crippen molar-refractivity contribution < 1.29 is 17.9 Å². The van der Waals surface area contributed by atoms with Gasteiger partial charge in [0.05, 0.1) is 17.1 Å². The summed E-state index contributed by atoms with van der Waals surface area (Å²) in [6.45, 7) is 5.62. The number of sulfonamides is 1. The van der Waals surface area contributed by atoms with Gasteiger partial charge in [-0.15, -0.1) is 0 Å². The molecule has 7 heteroatoms. The summed E-state index contributed by atoms with van der Waals surface area (Å²) in [6, 6.07) is 5.79. The van der Waals surface area contributed by atoms with Crippen LogP contribution in [0.3, 0.4) is 0 Å². The van der Waals surface area contributed by atoms with Crippen LogP contribution >= 0.6 is 0 Å². The zero-order valence-corrected chi connectivity index (χ0v) is 13.0. The lowest BCUT2D eigenvalue weighted by Gasteiger charge is -2.32. The molecule has 0 amide bonds. The normalized spacial score (nSPS) is 20.2. The summed E-state index contributed by atoms with van der Waals surface area (Å²) in [7, 11) is -3.52. The molecule has 1 fully saturated rings. The molecule has 1 aromatic carbocycles. The summed E-state index contributed by atoms with van der Waals surface area (Å²) < 4.78 is 31.5. The van der Waals surface area contributed by atoms with Crippen LogP contribution in [0.5, 0.6) is 0 Å². The maximum absolute atomic E-state index is 12.6. The molecule has 1 N–H and O–H groups in total. The van der Waals surface area contributed by atoms with Gasteiger partial charge in [0.1, 0.15) is 0 Å². The minimum absolute atomic E-state index is 0.0894. The predicted octanol–water partition coefficient (Wildman–Crippen LogP) is 0.846. The van der Waals surface area contributed by atoms with Gasteiger partial charge in [-0.3, -0.25) is 0 Å². The highest BCUT2D eigenvalue weighted by atomic mass is 32.2. The van der Waals surface area contributed by atoms with E-state index in [9.17, 15) is 13.2 Å². The Morgan fingerprint density at radius 1 is 1.38 bits per heavy atom. The van der Waals surface area contributed by atoms with Crippen molar-refractivity contribution in [3.05, 3.63) is 29.8 Å². The molecule has 1 heterocycles. The molecule has 0 aromatic heterocycles. The molecule has 116 valence electrons. The average molecular weight is 312 g/mol. The highest BCUT2D eigenvalue weighted by Gasteiger charge is 2.30. The number of piperazine rings is 1. The number of carbonyl (C=O) groups is 1. The molecular weight excluding hydrogens is 292 g/mol. The van der Waals surface area contributed by atoms with Crippen molar-refractivity contribution in [2.75, 3.05) is 26.2 Å². The van der Waals surface area contributed by atoms with Crippen LogP contribution in [0.1, 0.15) is 24.2 Å². The first-order valence-electron chi connectivity index (χ1n) is 6.96. The van der Waals surface area contributed by atoms with Crippen molar-refractivity contribution in [2.45, 2.75) is 24.8 Å². The van der Waals surface area contributed by atoms with Crippen LogP contribution in [-0.4, -0.2) is 51.0 Å². The molecule has 1 aliphatic heterocycles. The molecule has 0 aliphatic carbocycles. The highest BCUT2D eigenvalue weighted by Crippen LogP contribution is 2.20. The maximum Gasteiger partial charge on any atom is 0.338 e. The molecule has 0 radical (unpaired) electrons. The minimum Gasteiger partial charge on any atom is -0.462 e. The first-order chi connectivity index (χ1) is 9.96. The quantitative estimate of drug-likeness (QED) is 0.834. The number of nitrogens with one attached hydrogen (secondary N) is 1. The Bertz CT molecular complexity index is 598. The Kier molecular flexibility index (Phi) is 4.97. The molecule has 21 heavy (non-hydrogen) atoms. The Hall–Kier alpha value is -1.44. The summed E-state index contributed by atoms with van der Waals surface area (Å²) in [5.41, 5.74) is 0.351. The van der Waals surface area contributed by atoms with Gasteiger partial charge in [-0.25, -0.2) is 13.2 Å². The molecular formula is C14H20N2O4S. The number of hydrogen-bond acceptors (Lipinski definition) is 5. The standard InChI is InChI=1S/C14H20N2O4S/c1-3-20-14(17)12-4-6-13(7-5-12)21(18,19)16-9-8-15-10-11(16)2/h4-7,11,15H,3,8-10H2,1-2H3/t11-/m1/s1. The summed E-state index contributed by atoms with van der Waals surface area (Å²) in [5.74, 6) is -0.447. The SMILES string of the molecule is CCOC(=O)c1ccc(S(=O)(=O)N2CCNC[C@H]2C)cc1. The second kappa shape index (κ2) is 6.55. The number of hydrogen-bond donors (Lipinski definition) is 1. The Morgan fingerprint density at radius 3 is 2.62 bits per heavy atom. The Balaban J connectivity index is 2.22. The molecule has 0 saturated carbocycles. The lowest BCUT2D eigenvalue weighted by atomic mass is 10.2. The average Bonchev–Trinajstić information content (AvgIpc) is 2.48.